The summed E-state index contributed by atoms with van der Waals surface area (Å²) in [7, 11) is 0. The van der Waals surface area contributed by atoms with E-state index >= 15 is 0 Å². The van der Waals surface area contributed by atoms with Crippen molar-refractivity contribution in [1.29, 1.82) is 0 Å². The smallest absolute Gasteiger partial charge is 0.435 e. The summed E-state index contributed by atoms with van der Waals surface area (Å²) in [6, 6.07) is 84.5. The van der Waals surface area contributed by atoms with Crippen molar-refractivity contribution in [2.75, 3.05) is 26.3 Å². The molecule has 24 nitrogen and oxygen atoms in total. The van der Waals surface area contributed by atoms with E-state index in [2.05, 4.69) is 178 Å². The SMILES string of the molecule is CC(C)CC(CC(C)C)(c1cccc(-n2ccc(C(F)(F)F)n2)n1)c1cccc(-n2ccc(C(F)(F)F)n2)n1.CCc1cccc(-c2ccccc2)n1.FCc1cccc(-n2ccc(C(F)(F)F)n2)n1.c1ccc(-c2cccc(-c3ccc(OCCCCCCCCOc4cccnc4-c4cccc(-c5ccccn5)c4)cc3)n2)cc1.c1ccc(CN(CCCN(Cc2ncc[nH]2)C[n+]2ccc[nH]2)Cc2ncc[nH]2)nc1. The Labute approximate surface area is 841 Å². The number of unbranched alkanes of at least 4 members (excludes halogenated alkanes) is 5. The Morgan fingerprint density at radius 2 is 0.829 bits per heavy atom. The average molecular weight is 1990 g/mol. The van der Waals surface area contributed by atoms with E-state index < -0.39 is 47.7 Å². The molecule has 754 valence electrons. The van der Waals surface area contributed by atoms with Crippen LogP contribution in [-0.2, 0) is 63.3 Å². The number of hydrogen-bond acceptors (Lipinski definition) is 17. The van der Waals surface area contributed by atoms with Gasteiger partial charge in [-0.1, -0.05) is 182 Å². The third kappa shape index (κ3) is 31.6. The summed E-state index contributed by atoms with van der Waals surface area (Å²) in [6.07, 6.45) is 16.6. The van der Waals surface area contributed by atoms with Crippen LogP contribution in [0.4, 0.5) is 43.9 Å². The van der Waals surface area contributed by atoms with E-state index in [1.165, 1.54) is 49.0 Å². The number of aryl methyl sites for hydroxylation is 1. The van der Waals surface area contributed by atoms with E-state index in [1.807, 2.05) is 180 Å². The zero-order chi connectivity index (χ0) is 103. The number of pyridine rings is 8. The van der Waals surface area contributed by atoms with Crippen LogP contribution in [0, 0.1) is 11.8 Å². The molecule has 0 bridgehead atoms. The second kappa shape index (κ2) is 52.4. The van der Waals surface area contributed by atoms with Gasteiger partial charge in [0.15, 0.2) is 40.7 Å². The third-order valence-electron chi connectivity index (χ3n) is 23.2. The van der Waals surface area contributed by atoms with Crippen molar-refractivity contribution in [3.63, 3.8) is 0 Å². The van der Waals surface area contributed by atoms with Crippen molar-refractivity contribution in [1.82, 2.24) is 104 Å². The van der Waals surface area contributed by atoms with Crippen LogP contribution in [-0.4, -0.2) is 130 Å². The molecule has 0 atom stereocenters. The van der Waals surface area contributed by atoms with Crippen molar-refractivity contribution in [3.05, 3.63) is 405 Å². The number of nitrogens with one attached hydrogen (secondary N) is 3. The lowest BCUT2D eigenvalue weighted by molar-refractivity contribution is -0.767. The predicted molar refractivity (Wildman–Crippen MR) is 541 cm³/mol. The van der Waals surface area contributed by atoms with Crippen molar-refractivity contribution in [3.8, 4) is 85.2 Å². The zero-order valence-corrected chi connectivity index (χ0v) is 81.6. The Hall–Kier alpha value is -15.8. The highest BCUT2D eigenvalue weighted by Crippen LogP contribution is 2.44. The van der Waals surface area contributed by atoms with Gasteiger partial charge in [0, 0.05) is 121 Å². The lowest BCUT2D eigenvalue weighted by atomic mass is 9.69. The first-order chi connectivity index (χ1) is 70.8. The van der Waals surface area contributed by atoms with E-state index in [0.717, 1.165) is 208 Å². The molecule has 0 saturated carbocycles. The first-order valence-electron chi connectivity index (χ1n) is 48.4. The molecule has 18 rings (SSSR count). The second-order valence-electron chi connectivity index (χ2n) is 35.3. The molecule has 0 spiro atoms. The highest BCUT2D eigenvalue weighted by Gasteiger charge is 2.41. The Kier molecular flexibility index (Phi) is 38.0. The van der Waals surface area contributed by atoms with Gasteiger partial charge in [0.05, 0.1) is 83.5 Å². The van der Waals surface area contributed by atoms with Crippen LogP contribution < -0.4 is 14.2 Å². The van der Waals surface area contributed by atoms with Gasteiger partial charge in [-0.15, -0.1) is 4.68 Å². The molecule has 0 radical (unpaired) electrons. The third-order valence-corrected chi connectivity index (χ3v) is 23.2. The number of aromatic amines is 3. The van der Waals surface area contributed by atoms with Crippen molar-refractivity contribution in [2.45, 2.75) is 156 Å². The molecule has 34 heteroatoms. The number of nitrogens with zero attached hydrogens (tertiary/aromatic N) is 19. The molecule has 18 aromatic rings. The predicted octanol–water partition coefficient (Wildman–Crippen LogP) is 25.4. The molecule has 0 aliphatic rings. The van der Waals surface area contributed by atoms with Crippen LogP contribution in [0.15, 0.2) is 347 Å². The molecule has 146 heavy (non-hydrogen) atoms. The van der Waals surface area contributed by atoms with E-state index in [0.29, 0.717) is 30.8 Å². The van der Waals surface area contributed by atoms with Crippen LogP contribution in [0.1, 0.15) is 150 Å². The highest BCUT2D eigenvalue weighted by molar-refractivity contribution is 5.73. The minimum absolute atomic E-state index is 0.145. The normalized spacial score (nSPS) is 11.6. The van der Waals surface area contributed by atoms with Crippen molar-refractivity contribution in [2.24, 2.45) is 11.8 Å². The number of alkyl halides is 10. The number of benzene rings is 4. The standard InChI is InChI=1S/C41H39N3O2.C27H28F6N6.C21H27N9.C13H13N.C10H7F4N3/c1(3-10-29-45-36-25-23-33(24-26-36)39-21-13-20-38(44-39)32-15-6-5-7-16-32)2-4-11-30-46-40-22-14-28-43-41(40)35-18-12-17-34(31-35)37-19-8-9-27-42-37;1-17(2)15-25(16-18(3)4,19-7-5-9-23(34-19)38-13-11-21(36-38)26(28,29)30)20-8-6-10-24(35-20)39-14-12-22(37-39)27(31,32)33;1-2-6-22-19(5-1)15-28(16-20-23-8-9-24-20)12-4-13-29(17-21-25-10-11-26-21)18-30-14-3-7-27-30;1-2-12-9-6-10-13(14-12)11-7-4-3-5-8-11;11-6-7-2-1-3-9(15-7)17-5-4-8(16-17)10(12,13)14/h5-9,12-28,31H,1-4,10-11,29-30H2;5-14,17-18H,15-16H2,1-4H3;1-3,5-11,14H,4,12-13,15-18H2,(H2,23,24,25,26);3-10H,2H2,1H3;1-5H,6H2/p+1. The molecule has 3 N–H and O–H groups in total. The van der Waals surface area contributed by atoms with Gasteiger partial charge in [0.1, 0.15) is 35.5 Å². The summed E-state index contributed by atoms with van der Waals surface area (Å²) in [5.41, 5.74) is 9.95. The van der Waals surface area contributed by atoms with Crippen molar-refractivity contribution >= 4 is 0 Å². The van der Waals surface area contributed by atoms with Gasteiger partial charge in [0.25, 0.3) is 0 Å². The monoisotopic (exact) mass is 1990 g/mol. The van der Waals surface area contributed by atoms with Gasteiger partial charge in [-0.05, 0) is 196 Å². The van der Waals surface area contributed by atoms with E-state index in [9.17, 15) is 43.9 Å². The maximum Gasteiger partial charge on any atom is 0.435 e. The minimum Gasteiger partial charge on any atom is -0.494 e. The molecule has 0 aliphatic heterocycles. The Morgan fingerprint density at radius 3 is 1.34 bits per heavy atom. The summed E-state index contributed by atoms with van der Waals surface area (Å²) < 4.78 is 146. The summed E-state index contributed by atoms with van der Waals surface area (Å²) >= 11 is 0. The number of imidazole rings is 2. The van der Waals surface area contributed by atoms with Gasteiger partial charge in [-0.3, -0.25) is 24.8 Å². The summed E-state index contributed by atoms with van der Waals surface area (Å²) in [5, 5.41) is 13.9. The molecule has 0 aliphatic carbocycles. The minimum atomic E-state index is -4.59. The van der Waals surface area contributed by atoms with E-state index in [-0.39, 0.29) is 35.0 Å². The van der Waals surface area contributed by atoms with E-state index in [4.69, 9.17) is 24.4 Å². The molecular formula is C112H115F10N22O2+. The first kappa shape index (κ1) is 106. The number of H-pyrrole nitrogens is 3. The van der Waals surface area contributed by atoms with Gasteiger partial charge in [-0.2, -0.15) is 59.9 Å². The molecule has 14 aromatic heterocycles. The maximum atomic E-state index is 13.2. The highest BCUT2D eigenvalue weighted by atomic mass is 19.4. The fourth-order valence-corrected chi connectivity index (χ4v) is 16.5. The molecular weight excluding hydrogens is 1880 g/mol. The summed E-state index contributed by atoms with van der Waals surface area (Å²) in [5.74, 6) is 4.54. The van der Waals surface area contributed by atoms with Gasteiger partial charge >= 0.3 is 18.5 Å². The van der Waals surface area contributed by atoms with Crippen LogP contribution in [0.2, 0.25) is 0 Å². The average Bonchev–Trinajstić information content (AvgIpc) is 1.12. The molecule has 0 fully saturated rings. The Balaban J connectivity index is 0.000000153. The fraction of sp³-hybridized carbons (Fsp3) is 0.268. The molecule has 14 heterocycles. The summed E-state index contributed by atoms with van der Waals surface area (Å²) in [4.78, 5) is 56.3. The van der Waals surface area contributed by atoms with Crippen LogP contribution in [0.5, 0.6) is 11.5 Å². The topological polar surface area (TPSA) is 259 Å². The maximum absolute atomic E-state index is 13.2. The van der Waals surface area contributed by atoms with Gasteiger partial charge in [-0.25, -0.2) is 53.2 Å². The zero-order valence-electron chi connectivity index (χ0n) is 81.6. The molecule has 4 aromatic carbocycles. The summed E-state index contributed by atoms with van der Waals surface area (Å²) in [6.45, 7) is 15.9. The van der Waals surface area contributed by atoms with Crippen LogP contribution >= 0.6 is 0 Å². The number of halogens is 10. The quantitative estimate of drug-likeness (QED) is 0.0184. The number of ether oxygens (including phenoxy) is 2. The number of rotatable bonds is 39. The lowest BCUT2D eigenvalue weighted by Crippen LogP contribution is -2.45. The van der Waals surface area contributed by atoms with Crippen molar-refractivity contribution < 1.29 is 58.1 Å². The van der Waals surface area contributed by atoms with Crippen LogP contribution in [0.25, 0.3) is 73.7 Å². The number of aromatic nitrogens is 20. The first-order valence-corrected chi connectivity index (χ1v) is 48.4. The molecule has 0 amide bonds. The number of hydrogen-bond donors (Lipinski definition) is 3. The largest absolute Gasteiger partial charge is 0.494 e. The van der Waals surface area contributed by atoms with Gasteiger partial charge < -0.3 is 19.4 Å². The Morgan fingerprint density at radius 1 is 0.363 bits per heavy atom. The molecule has 0 unspecified atom stereocenters. The molecule has 0 saturated heterocycles. The van der Waals surface area contributed by atoms with Gasteiger partial charge in [0.2, 0.25) is 6.67 Å². The van der Waals surface area contributed by atoms with E-state index in [1.54, 1.807) is 48.8 Å². The fourth-order valence-electron chi connectivity index (χ4n) is 16.5. The lowest BCUT2D eigenvalue weighted by Gasteiger charge is -2.36. The Bertz CT molecular complexity index is 6750. The van der Waals surface area contributed by atoms with Crippen LogP contribution in [0.3, 0.4) is 0 Å². The second-order valence-corrected chi connectivity index (χ2v) is 35.3.